The molecule has 0 saturated heterocycles. The summed E-state index contributed by atoms with van der Waals surface area (Å²) in [5, 5.41) is 0. The maximum absolute atomic E-state index is 11.6. The van der Waals surface area contributed by atoms with Crippen molar-refractivity contribution in [3.63, 3.8) is 0 Å². The minimum absolute atomic E-state index is 0.357. The van der Waals surface area contributed by atoms with Gasteiger partial charge in [0.15, 0.2) is 5.65 Å². The van der Waals surface area contributed by atoms with Gasteiger partial charge in [-0.3, -0.25) is 14.3 Å². The maximum Gasteiger partial charge on any atom is 0.329 e. The molecule has 0 aliphatic heterocycles. The van der Waals surface area contributed by atoms with Gasteiger partial charge in [0.25, 0.3) is 5.56 Å². The Kier molecular flexibility index (Phi) is 3.45. The predicted octanol–water partition coefficient (Wildman–Crippen LogP) is 0.849. The molecule has 0 atom stereocenters. The fourth-order valence-electron chi connectivity index (χ4n) is 1.85. The van der Waals surface area contributed by atoms with Crippen LogP contribution in [0.2, 0.25) is 0 Å². The standard InChI is InChI=1S/C12H16N4O2/c1-3-4-5-6-7-8-13-9-10(14-8)16(2)12(18)15-11(9)17/h3H,1,4-7H2,2H3,(H,13,14)(H,15,17,18). The summed E-state index contributed by atoms with van der Waals surface area (Å²) in [5.74, 6) is 0.737. The molecule has 0 aromatic carbocycles. The molecule has 0 aliphatic rings. The first-order chi connectivity index (χ1) is 8.63. The molecule has 0 amide bonds. The van der Waals surface area contributed by atoms with Crippen molar-refractivity contribution in [1.82, 2.24) is 19.5 Å². The monoisotopic (exact) mass is 248 g/mol. The molecule has 0 unspecified atom stereocenters. The van der Waals surface area contributed by atoms with Gasteiger partial charge >= 0.3 is 5.69 Å². The maximum atomic E-state index is 11.6. The van der Waals surface area contributed by atoms with Crippen LogP contribution < -0.4 is 11.2 Å². The van der Waals surface area contributed by atoms with Gasteiger partial charge in [0.05, 0.1) is 0 Å². The second kappa shape index (κ2) is 5.03. The van der Waals surface area contributed by atoms with Crippen LogP contribution in [0.5, 0.6) is 0 Å². The van der Waals surface area contributed by atoms with Crippen LogP contribution in [0, 0.1) is 0 Å². The predicted molar refractivity (Wildman–Crippen MR) is 69.7 cm³/mol. The van der Waals surface area contributed by atoms with Crippen molar-refractivity contribution < 1.29 is 0 Å². The Bertz CT molecular complexity index is 677. The number of unbranched alkanes of at least 4 members (excludes halogenated alkanes) is 2. The van der Waals surface area contributed by atoms with Gasteiger partial charge in [-0.25, -0.2) is 9.78 Å². The summed E-state index contributed by atoms with van der Waals surface area (Å²) in [7, 11) is 1.59. The van der Waals surface area contributed by atoms with Gasteiger partial charge in [0, 0.05) is 13.5 Å². The van der Waals surface area contributed by atoms with Crippen molar-refractivity contribution in [2.24, 2.45) is 7.05 Å². The zero-order valence-corrected chi connectivity index (χ0v) is 10.3. The highest BCUT2D eigenvalue weighted by molar-refractivity contribution is 5.69. The summed E-state index contributed by atoms with van der Waals surface area (Å²) < 4.78 is 1.33. The third-order valence-corrected chi connectivity index (χ3v) is 2.88. The minimum Gasteiger partial charge on any atom is -0.336 e. The molecule has 96 valence electrons. The van der Waals surface area contributed by atoms with Crippen molar-refractivity contribution in [3.05, 3.63) is 39.3 Å². The Hall–Kier alpha value is -2.11. The van der Waals surface area contributed by atoms with Crippen LogP contribution in [-0.4, -0.2) is 19.5 Å². The summed E-state index contributed by atoms with van der Waals surface area (Å²) >= 11 is 0. The number of allylic oxidation sites excluding steroid dienone is 1. The Morgan fingerprint density at radius 2 is 2.11 bits per heavy atom. The van der Waals surface area contributed by atoms with E-state index in [9.17, 15) is 9.59 Å². The molecule has 2 aromatic rings. The number of nitrogens with zero attached hydrogens (tertiary/aromatic N) is 2. The van der Waals surface area contributed by atoms with Crippen LogP contribution in [0.15, 0.2) is 22.2 Å². The van der Waals surface area contributed by atoms with E-state index >= 15 is 0 Å². The van der Waals surface area contributed by atoms with Gasteiger partial charge in [0.2, 0.25) is 0 Å². The van der Waals surface area contributed by atoms with E-state index in [4.69, 9.17) is 0 Å². The highest BCUT2D eigenvalue weighted by Crippen LogP contribution is 2.07. The van der Waals surface area contributed by atoms with E-state index in [1.54, 1.807) is 7.05 Å². The van der Waals surface area contributed by atoms with E-state index in [0.29, 0.717) is 11.2 Å². The van der Waals surface area contributed by atoms with Gasteiger partial charge in [-0.1, -0.05) is 6.08 Å². The molecule has 0 spiro atoms. The molecule has 0 saturated carbocycles. The van der Waals surface area contributed by atoms with Crippen LogP contribution in [0.4, 0.5) is 0 Å². The lowest BCUT2D eigenvalue weighted by molar-refractivity contribution is 0.725. The third kappa shape index (κ3) is 2.27. The molecule has 18 heavy (non-hydrogen) atoms. The molecule has 0 bridgehead atoms. The van der Waals surface area contributed by atoms with Crippen molar-refractivity contribution in [3.8, 4) is 0 Å². The van der Waals surface area contributed by atoms with Crippen LogP contribution in [0.3, 0.4) is 0 Å². The molecule has 0 radical (unpaired) electrons. The van der Waals surface area contributed by atoms with Crippen LogP contribution >= 0.6 is 0 Å². The van der Waals surface area contributed by atoms with Crippen LogP contribution in [0.1, 0.15) is 25.1 Å². The van der Waals surface area contributed by atoms with Crippen molar-refractivity contribution in [2.45, 2.75) is 25.7 Å². The number of fused-ring (bicyclic) bond motifs is 1. The number of H-pyrrole nitrogens is 2. The summed E-state index contributed by atoms with van der Waals surface area (Å²) in [6, 6.07) is 0. The largest absolute Gasteiger partial charge is 0.336 e. The van der Waals surface area contributed by atoms with Crippen molar-refractivity contribution >= 4 is 11.2 Å². The zero-order valence-electron chi connectivity index (χ0n) is 10.3. The molecule has 2 aromatic heterocycles. The van der Waals surface area contributed by atoms with E-state index in [2.05, 4.69) is 21.5 Å². The van der Waals surface area contributed by atoms with Gasteiger partial charge in [-0.05, 0) is 19.3 Å². The van der Waals surface area contributed by atoms with E-state index in [1.165, 1.54) is 4.57 Å². The summed E-state index contributed by atoms with van der Waals surface area (Å²) in [5.41, 5.74) is -0.103. The van der Waals surface area contributed by atoms with Gasteiger partial charge in [0.1, 0.15) is 11.3 Å². The van der Waals surface area contributed by atoms with Gasteiger partial charge in [-0.2, -0.15) is 0 Å². The second-order valence-corrected chi connectivity index (χ2v) is 4.23. The molecule has 6 nitrogen and oxygen atoms in total. The molecule has 2 rings (SSSR count). The Labute approximate surface area is 103 Å². The molecule has 2 heterocycles. The van der Waals surface area contributed by atoms with Gasteiger partial charge in [-0.15, -0.1) is 6.58 Å². The number of nitrogens with one attached hydrogen (secondary N) is 2. The zero-order chi connectivity index (χ0) is 13.1. The summed E-state index contributed by atoms with van der Waals surface area (Å²) in [4.78, 5) is 32.5. The number of hydrogen-bond acceptors (Lipinski definition) is 3. The van der Waals surface area contributed by atoms with Crippen molar-refractivity contribution in [2.75, 3.05) is 0 Å². The smallest absolute Gasteiger partial charge is 0.329 e. The molecular formula is C12H16N4O2. The third-order valence-electron chi connectivity index (χ3n) is 2.88. The fourth-order valence-corrected chi connectivity index (χ4v) is 1.85. The topological polar surface area (TPSA) is 83.5 Å². The van der Waals surface area contributed by atoms with E-state index in [0.717, 1.165) is 31.5 Å². The molecule has 2 N–H and O–H groups in total. The Morgan fingerprint density at radius 3 is 2.83 bits per heavy atom. The summed E-state index contributed by atoms with van der Waals surface area (Å²) in [6.45, 7) is 3.67. The molecule has 6 heteroatoms. The number of aromatic amines is 2. The lowest BCUT2D eigenvalue weighted by atomic mass is 10.2. The lowest BCUT2D eigenvalue weighted by Crippen LogP contribution is -2.28. The quantitative estimate of drug-likeness (QED) is 0.607. The summed E-state index contributed by atoms with van der Waals surface area (Å²) in [6.07, 6.45) is 5.62. The first-order valence-corrected chi connectivity index (χ1v) is 5.92. The van der Waals surface area contributed by atoms with Crippen molar-refractivity contribution in [1.29, 1.82) is 0 Å². The first kappa shape index (κ1) is 12.3. The fraction of sp³-hybridized carbons (Fsp3) is 0.417. The lowest BCUT2D eigenvalue weighted by Gasteiger charge is -1.95. The highest BCUT2D eigenvalue weighted by Gasteiger charge is 2.10. The number of imidazole rings is 1. The number of hydrogen-bond donors (Lipinski definition) is 2. The number of aryl methyl sites for hydroxylation is 2. The molecular weight excluding hydrogens is 232 g/mol. The molecule has 0 fully saturated rings. The Morgan fingerprint density at radius 1 is 1.33 bits per heavy atom. The number of rotatable bonds is 5. The van der Waals surface area contributed by atoms with Crippen LogP contribution in [0.25, 0.3) is 11.2 Å². The van der Waals surface area contributed by atoms with E-state index < -0.39 is 11.2 Å². The average molecular weight is 248 g/mol. The van der Waals surface area contributed by atoms with E-state index in [-0.39, 0.29) is 0 Å². The average Bonchev–Trinajstić information content (AvgIpc) is 2.77. The Balaban J connectivity index is 2.30. The highest BCUT2D eigenvalue weighted by atomic mass is 16.2. The van der Waals surface area contributed by atoms with E-state index in [1.807, 2.05) is 6.08 Å². The first-order valence-electron chi connectivity index (χ1n) is 5.92. The van der Waals surface area contributed by atoms with Gasteiger partial charge < -0.3 is 4.98 Å². The van der Waals surface area contributed by atoms with Crippen LogP contribution in [-0.2, 0) is 13.5 Å². The number of aromatic nitrogens is 4. The second-order valence-electron chi connectivity index (χ2n) is 4.23. The SMILES string of the molecule is C=CCCCCc1nc2c([nH]1)c(=O)[nH]c(=O)n2C. The minimum atomic E-state index is -0.447. The molecule has 0 aliphatic carbocycles. The normalized spacial score (nSPS) is 10.9.